The largest absolute Gasteiger partial charge is 0.494 e. The second-order valence-electron chi connectivity index (χ2n) is 8.26. The minimum atomic E-state index is -0.177. The van der Waals surface area contributed by atoms with Crippen molar-refractivity contribution in [2.75, 3.05) is 36.9 Å². The molecule has 2 aromatic rings. The topological polar surface area (TPSA) is 88.7 Å². The van der Waals surface area contributed by atoms with Crippen molar-refractivity contribution in [2.45, 2.75) is 51.6 Å². The molecular weight excluding hydrogens is 418 g/mol. The minimum absolute atomic E-state index is 0.0864. The Labute approximate surface area is 196 Å². The molecule has 0 aliphatic carbocycles. The molecular formula is C26H35N3O4. The molecule has 1 fully saturated rings. The number of benzene rings is 2. The second-order valence-corrected chi connectivity index (χ2v) is 8.26. The van der Waals surface area contributed by atoms with Gasteiger partial charge >= 0.3 is 0 Å². The highest BCUT2D eigenvalue weighted by molar-refractivity contribution is 5.96. The van der Waals surface area contributed by atoms with Crippen LogP contribution in [-0.4, -0.2) is 44.2 Å². The average Bonchev–Trinajstić information content (AvgIpc) is 3.35. The van der Waals surface area contributed by atoms with Crippen LogP contribution >= 0.6 is 0 Å². The lowest BCUT2D eigenvalue weighted by Gasteiger charge is -2.12. The van der Waals surface area contributed by atoms with Gasteiger partial charge in [0.1, 0.15) is 5.75 Å². The van der Waals surface area contributed by atoms with E-state index in [1.54, 1.807) is 18.2 Å². The van der Waals surface area contributed by atoms with Crippen LogP contribution in [0, 0.1) is 0 Å². The SMILES string of the molecule is CCCCCCOc1cccc(NC(=O)CNc2cccc(C(=O)NCC3CCCO3)c2)c1. The lowest BCUT2D eigenvalue weighted by molar-refractivity contribution is -0.114. The quantitative estimate of drug-likeness (QED) is 0.386. The zero-order valence-corrected chi connectivity index (χ0v) is 19.4. The van der Waals surface area contributed by atoms with Gasteiger partial charge in [-0.2, -0.15) is 0 Å². The van der Waals surface area contributed by atoms with E-state index >= 15 is 0 Å². The summed E-state index contributed by atoms with van der Waals surface area (Å²) in [5.74, 6) is 0.424. The number of carbonyl (C=O) groups is 2. The van der Waals surface area contributed by atoms with E-state index in [0.29, 0.717) is 30.1 Å². The van der Waals surface area contributed by atoms with Gasteiger partial charge in [0.2, 0.25) is 5.91 Å². The predicted octanol–water partition coefficient (Wildman–Crippen LogP) is 4.61. The Balaban J connectivity index is 1.42. The molecule has 0 saturated carbocycles. The normalized spacial score (nSPS) is 15.1. The Hall–Kier alpha value is -3.06. The predicted molar refractivity (Wildman–Crippen MR) is 131 cm³/mol. The number of rotatable bonds is 13. The first kappa shape index (κ1) is 24.6. The van der Waals surface area contributed by atoms with E-state index in [0.717, 1.165) is 38.0 Å². The summed E-state index contributed by atoms with van der Waals surface area (Å²) in [6.07, 6.45) is 6.72. The number of nitrogens with one attached hydrogen (secondary N) is 3. The molecule has 7 nitrogen and oxygen atoms in total. The molecule has 3 rings (SSSR count). The van der Waals surface area contributed by atoms with Gasteiger partial charge in [0.05, 0.1) is 19.3 Å². The first-order valence-corrected chi connectivity index (χ1v) is 11.9. The van der Waals surface area contributed by atoms with Crippen LogP contribution in [0.5, 0.6) is 5.75 Å². The van der Waals surface area contributed by atoms with E-state index < -0.39 is 0 Å². The molecule has 1 atom stereocenters. The second kappa shape index (κ2) is 13.5. The zero-order chi connectivity index (χ0) is 23.3. The van der Waals surface area contributed by atoms with Crippen molar-refractivity contribution in [3.8, 4) is 5.75 Å². The van der Waals surface area contributed by atoms with Gasteiger partial charge in [-0.25, -0.2) is 0 Å². The van der Waals surface area contributed by atoms with Gasteiger partial charge < -0.3 is 25.4 Å². The van der Waals surface area contributed by atoms with E-state index in [1.165, 1.54) is 12.8 Å². The smallest absolute Gasteiger partial charge is 0.251 e. The monoisotopic (exact) mass is 453 g/mol. The number of anilines is 2. The van der Waals surface area contributed by atoms with Crippen LogP contribution < -0.4 is 20.7 Å². The molecule has 1 heterocycles. The molecule has 3 N–H and O–H groups in total. The van der Waals surface area contributed by atoms with Crippen LogP contribution in [-0.2, 0) is 9.53 Å². The van der Waals surface area contributed by atoms with Crippen molar-refractivity contribution in [1.82, 2.24) is 5.32 Å². The summed E-state index contributed by atoms with van der Waals surface area (Å²) < 4.78 is 11.3. The van der Waals surface area contributed by atoms with Crippen LogP contribution in [0.3, 0.4) is 0 Å². The van der Waals surface area contributed by atoms with E-state index in [1.807, 2.05) is 30.3 Å². The van der Waals surface area contributed by atoms with Gasteiger partial charge in [-0.15, -0.1) is 0 Å². The van der Waals surface area contributed by atoms with Crippen molar-refractivity contribution in [1.29, 1.82) is 0 Å². The standard InChI is InChI=1S/C26H35N3O4/c1-2-3-4-5-14-32-23-12-7-11-22(17-23)29-25(30)19-27-21-10-6-9-20(16-21)26(31)28-18-24-13-8-15-33-24/h6-7,9-12,16-17,24,27H,2-5,8,13-15,18-19H2,1H3,(H,28,31)(H,29,30). The number of amides is 2. The number of unbranched alkanes of at least 4 members (excludes halogenated alkanes) is 3. The highest BCUT2D eigenvalue weighted by Gasteiger charge is 2.16. The summed E-state index contributed by atoms with van der Waals surface area (Å²) in [5, 5.41) is 8.87. The van der Waals surface area contributed by atoms with Crippen LogP contribution in [0.15, 0.2) is 48.5 Å². The molecule has 2 amide bonds. The van der Waals surface area contributed by atoms with Gasteiger partial charge in [-0.1, -0.05) is 38.3 Å². The molecule has 0 radical (unpaired) electrons. The van der Waals surface area contributed by atoms with Crippen LogP contribution in [0.1, 0.15) is 55.8 Å². The average molecular weight is 454 g/mol. The fourth-order valence-electron chi connectivity index (χ4n) is 3.65. The third kappa shape index (κ3) is 8.77. The summed E-state index contributed by atoms with van der Waals surface area (Å²) in [4.78, 5) is 24.8. The summed E-state index contributed by atoms with van der Waals surface area (Å²) in [6.45, 7) is 4.22. The summed E-state index contributed by atoms with van der Waals surface area (Å²) in [6, 6.07) is 14.5. The molecule has 1 aliphatic heterocycles. The van der Waals surface area contributed by atoms with E-state index in [2.05, 4.69) is 22.9 Å². The Kier molecular flexibility index (Phi) is 10.0. The summed E-state index contributed by atoms with van der Waals surface area (Å²) in [7, 11) is 0. The van der Waals surface area contributed by atoms with Crippen molar-refractivity contribution < 1.29 is 19.1 Å². The fraction of sp³-hybridized carbons (Fsp3) is 0.462. The minimum Gasteiger partial charge on any atom is -0.494 e. The van der Waals surface area contributed by atoms with Crippen LogP contribution in [0.4, 0.5) is 11.4 Å². The van der Waals surface area contributed by atoms with Gasteiger partial charge in [0.15, 0.2) is 0 Å². The van der Waals surface area contributed by atoms with Crippen molar-refractivity contribution in [3.05, 3.63) is 54.1 Å². The molecule has 178 valence electrons. The Morgan fingerprint density at radius 1 is 1.06 bits per heavy atom. The van der Waals surface area contributed by atoms with Gasteiger partial charge in [0, 0.05) is 36.2 Å². The molecule has 1 saturated heterocycles. The lowest BCUT2D eigenvalue weighted by atomic mass is 10.1. The van der Waals surface area contributed by atoms with Gasteiger partial charge in [-0.05, 0) is 49.6 Å². The van der Waals surface area contributed by atoms with Gasteiger partial charge in [0.25, 0.3) is 5.91 Å². The third-order valence-corrected chi connectivity index (χ3v) is 5.48. The van der Waals surface area contributed by atoms with Crippen molar-refractivity contribution in [3.63, 3.8) is 0 Å². The lowest BCUT2D eigenvalue weighted by Crippen LogP contribution is -2.31. The Morgan fingerprint density at radius 3 is 2.73 bits per heavy atom. The Bertz CT molecular complexity index is 897. The summed E-state index contributed by atoms with van der Waals surface area (Å²) in [5.41, 5.74) is 1.94. The molecule has 2 aromatic carbocycles. The van der Waals surface area contributed by atoms with Crippen LogP contribution in [0.25, 0.3) is 0 Å². The Morgan fingerprint density at radius 2 is 1.91 bits per heavy atom. The fourth-order valence-corrected chi connectivity index (χ4v) is 3.65. The van der Waals surface area contributed by atoms with Crippen molar-refractivity contribution >= 4 is 23.2 Å². The van der Waals surface area contributed by atoms with Gasteiger partial charge in [-0.3, -0.25) is 9.59 Å². The first-order chi connectivity index (χ1) is 16.1. The van der Waals surface area contributed by atoms with Crippen LogP contribution in [0.2, 0.25) is 0 Å². The number of carbonyl (C=O) groups excluding carboxylic acids is 2. The molecule has 0 aromatic heterocycles. The van der Waals surface area contributed by atoms with E-state index in [-0.39, 0.29) is 24.5 Å². The summed E-state index contributed by atoms with van der Waals surface area (Å²) >= 11 is 0. The highest BCUT2D eigenvalue weighted by Crippen LogP contribution is 2.18. The number of hydrogen-bond acceptors (Lipinski definition) is 5. The molecule has 33 heavy (non-hydrogen) atoms. The molecule has 1 unspecified atom stereocenters. The number of hydrogen-bond donors (Lipinski definition) is 3. The molecule has 7 heteroatoms. The molecule has 1 aliphatic rings. The highest BCUT2D eigenvalue weighted by atomic mass is 16.5. The first-order valence-electron chi connectivity index (χ1n) is 11.9. The maximum Gasteiger partial charge on any atom is 0.251 e. The molecule has 0 bridgehead atoms. The number of ether oxygens (including phenoxy) is 2. The maximum absolute atomic E-state index is 12.4. The third-order valence-electron chi connectivity index (χ3n) is 5.48. The van der Waals surface area contributed by atoms with E-state index in [4.69, 9.17) is 9.47 Å². The molecule has 0 spiro atoms. The maximum atomic E-state index is 12.4. The zero-order valence-electron chi connectivity index (χ0n) is 19.4. The van der Waals surface area contributed by atoms with Crippen molar-refractivity contribution in [2.24, 2.45) is 0 Å². The van der Waals surface area contributed by atoms with E-state index in [9.17, 15) is 9.59 Å².